The average Bonchev–Trinajstić information content (AvgIpc) is 2.28. The van der Waals surface area contributed by atoms with E-state index < -0.39 is 16.8 Å². The molecule has 4 nitrogen and oxygen atoms in total. The van der Waals surface area contributed by atoms with Crippen LogP contribution in [0, 0.1) is 0 Å². The summed E-state index contributed by atoms with van der Waals surface area (Å²) in [6.07, 6.45) is 1.62. The van der Waals surface area contributed by atoms with Gasteiger partial charge in [0.25, 0.3) is 0 Å². The Kier molecular flexibility index (Phi) is 5.31. The van der Waals surface area contributed by atoms with Gasteiger partial charge >= 0.3 is 0 Å². The first kappa shape index (κ1) is 13.9. The number of benzene rings is 1. The van der Waals surface area contributed by atoms with Gasteiger partial charge in [0.15, 0.2) is 0 Å². The number of rotatable bonds is 5. The molecule has 17 heavy (non-hydrogen) atoms. The van der Waals surface area contributed by atoms with Crippen LogP contribution in [0.5, 0.6) is 0 Å². The summed E-state index contributed by atoms with van der Waals surface area (Å²) in [5.41, 5.74) is 6.45. The molecule has 3 atom stereocenters. The summed E-state index contributed by atoms with van der Waals surface area (Å²) < 4.78 is 11.3. The second kappa shape index (κ2) is 6.51. The molecule has 1 aromatic rings. The van der Waals surface area contributed by atoms with Crippen molar-refractivity contribution in [2.24, 2.45) is 5.73 Å². The van der Waals surface area contributed by atoms with Gasteiger partial charge in [-0.1, -0.05) is 30.3 Å². The zero-order chi connectivity index (χ0) is 12.8. The maximum Gasteiger partial charge on any atom is 0.237 e. The second-order valence-electron chi connectivity index (χ2n) is 4.00. The lowest BCUT2D eigenvalue weighted by Crippen LogP contribution is -2.41. The van der Waals surface area contributed by atoms with Crippen molar-refractivity contribution < 1.29 is 9.00 Å². The van der Waals surface area contributed by atoms with E-state index >= 15 is 0 Å². The molecule has 0 aliphatic carbocycles. The highest BCUT2D eigenvalue weighted by atomic mass is 32.2. The van der Waals surface area contributed by atoms with Crippen LogP contribution in [0.2, 0.25) is 0 Å². The molecular formula is C12H18N2O2S. The van der Waals surface area contributed by atoms with Crippen molar-refractivity contribution >= 4 is 16.7 Å². The Bertz CT molecular complexity index is 393. The van der Waals surface area contributed by atoms with Crippen LogP contribution < -0.4 is 11.1 Å². The molecule has 0 bridgehead atoms. The molecule has 1 amide bonds. The van der Waals surface area contributed by atoms with Crippen molar-refractivity contribution in [3.05, 3.63) is 35.9 Å². The van der Waals surface area contributed by atoms with E-state index in [-0.39, 0.29) is 11.9 Å². The smallest absolute Gasteiger partial charge is 0.237 e. The molecule has 5 heteroatoms. The predicted octanol–water partition coefficient (Wildman–Crippen LogP) is 0.570. The lowest BCUT2D eigenvalue weighted by atomic mass is 10.1. The van der Waals surface area contributed by atoms with Crippen molar-refractivity contribution in [1.29, 1.82) is 0 Å². The van der Waals surface area contributed by atoms with Gasteiger partial charge in [0.05, 0.1) is 12.1 Å². The molecule has 3 N–H and O–H groups in total. The number of carbonyl (C=O) groups excluding carboxylic acids is 1. The van der Waals surface area contributed by atoms with Gasteiger partial charge in [-0.05, 0) is 12.5 Å². The standard InChI is InChI=1S/C12H18N2O2S/c1-9(13)12(15)14-11(8-17(2)16)10-6-4-3-5-7-10/h3-7,9,11H,8,13H2,1-2H3,(H,14,15)/t9-,11?,17?/m0/s1. The van der Waals surface area contributed by atoms with Crippen LogP contribution in [-0.2, 0) is 15.6 Å². The number of amides is 1. The first-order chi connectivity index (χ1) is 8.00. The Morgan fingerprint density at radius 1 is 1.41 bits per heavy atom. The number of nitrogens with two attached hydrogens (primary N) is 1. The summed E-state index contributed by atoms with van der Waals surface area (Å²) in [6, 6.07) is 8.67. The maximum absolute atomic E-state index is 11.6. The lowest BCUT2D eigenvalue weighted by Gasteiger charge is -2.19. The molecule has 0 saturated heterocycles. The molecule has 0 aliphatic heterocycles. The van der Waals surface area contributed by atoms with Crippen LogP contribution >= 0.6 is 0 Å². The molecule has 0 aromatic heterocycles. The van der Waals surface area contributed by atoms with Crippen LogP contribution in [0.3, 0.4) is 0 Å². The zero-order valence-electron chi connectivity index (χ0n) is 10.1. The fourth-order valence-electron chi connectivity index (χ4n) is 1.44. The minimum Gasteiger partial charge on any atom is -0.347 e. The van der Waals surface area contributed by atoms with E-state index in [0.29, 0.717) is 5.75 Å². The molecule has 0 heterocycles. The number of hydrogen-bond donors (Lipinski definition) is 2. The maximum atomic E-state index is 11.6. The van der Waals surface area contributed by atoms with E-state index in [1.807, 2.05) is 30.3 Å². The third kappa shape index (κ3) is 4.66. The summed E-state index contributed by atoms with van der Waals surface area (Å²) in [5.74, 6) is 0.159. The van der Waals surface area contributed by atoms with Crippen LogP contribution in [0.25, 0.3) is 0 Å². The van der Waals surface area contributed by atoms with Crippen LogP contribution in [-0.4, -0.2) is 28.2 Å². The van der Waals surface area contributed by atoms with E-state index in [9.17, 15) is 9.00 Å². The summed E-state index contributed by atoms with van der Waals surface area (Å²) in [7, 11) is -0.981. The second-order valence-corrected chi connectivity index (χ2v) is 5.48. The average molecular weight is 254 g/mol. The molecule has 1 rings (SSSR count). The highest BCUT2D eigenvalue weighted by molar-refractivity contribution is 7.84. The molecule has 2 unspecified atom stereocenters. The fraction of sp³-hybridized carbons (Fsp3) is 0.417. The highest BCUT2D eigenvalue weighted by Gasteiger charge is 2.17. The first-order valence-corrected chi connectivity index (χ1v) is 7.14. The minimum absolute atomic E-state index is 0.232. The van der Waals surface area contributed by atoms with E-state index in [0.717, 1.165) is 5.56 Å². The Morgan fingerprint density at radius 2 is 2.00 bits per heavy atom. The summed E-state index contributed by atoms with van der Waals surface area (Å²) in [4.78, 5) is 11.6. The van der Waals surface area contributed by atoms with Crippen molar-refractivity contribution in [2.45, 2.75) is 19.0 Å². The largest absolute Gasteiger partial charge is 0.347 e. The molecular weight excluding hydrogens is 236 g/mol. The minimum atomic E-state index is -0.981. The zero-order valence-corrected chi connectivity index (χ0v) is 10.9. The first-order valence-electron chi connectivity index (χ1n) is 5.41. The third-order valence-electron chi connectivity index (χ3n) is 2.33. The monoisotopic (exact) mass is 254 g/mol. The Hall–Kier alpha value is -1.20. The fourth-order valence-corrected chi connectivity index (χ4v) is 2.19. The van der Waals surface area contributed by atoms with Gasteiger partial charge in [-0.25, -0.2) is 0 Å². The lowest BCUT2D eigenvalue weighted by molar-refractivity contribution is -0.122. The van der Waals surface area contributed by atoms with Crippen LogP contribution in [0.15, 0.2) is 30.3 Å². The summed E-state index contributed by atoms with van der Waals surface area (Å²) in [6.45, 7) is 1.63. The van der Waals surface area contributed by atoms with Gasteiger partial charge in [0.2, 0.25) is 5.91 Å². The quantitative estimate of drug-likeness (QED) is 0.807. The number of nitrogens with one attached hydrogen (secondary N) is 1. The normalized spacial score (nSPS) is 15.9. The van der Waals surface area contributed by atoms with Crippen LogP contribution in [0.4, 0.5) is 0 Å². The van der Waals surface area contributed by atoms with Gasteiger partial charge < -0.3 is 11.1 Å². The van der Waals surface area contributed by atoms with Gasteiger partial charge in [-0.15, -0.1) is 0 Å². The van der Waals surface area contributed by atoms with Crippen molar-refractivity contribution in [2.75, 3.05) is 12.0 Å². The van der Waals surface area contributed by atoms with E-state index in [1.54, 1.807) is 13.2 Å². The molecule has 94 valence electrons. The van der Waals surface area contributed by atoms with Gasteiger partial charge in [-0.2, -0.15) is 0 Å². The number of carbonyl (C=O) groups is 1. The van der Waals surface area contributed by atoms with Crippen molar-refractivity contribution in [1.82, 2.24) is 5.32 Å². The van der Waals surface area contributed by atoms with E-state index in [2.05, 4.69) is 5.32 Å². The number of hydrogen-bond acceptors (Lipinski definition) is 3. The Morgan fingerprint density at radius 3 is 2.47 bits per heavy atom. The molecule has 1 aromatic carbocycles. The van der Waals surface area contributed by atoms with Crippen LogP contribution in [0.1, 0.15) is 18.5 Å². The van der Waals surface area contributed by atoms with Crippen molar-refractivity contribution in [3.63, 3.8) is 0 Å². The molecule has 0 aliphatic rings. The van der Waals surface area contributed by atoms with Gasteiger partial charge in [0, 0.05) is 22.8 Å². The van der Waals surface area contributed by atoms with E-state index in [4.69, 9.17) is 5.73 Å². The summed E-state index contributed by atoms with van der Waals surface area (Å²) >= 11 is 0. The Balaban J connectivity index is 2.81. The Labute approximate surface area is 104 Å². The molecule has 0 radical (unpaired) electrons. The SMILES string of the molecule is C[C@H](N)C(=O)NC(CS(C)=O)c1ccccc1. The highest BCUT2D eigenvalue weighted by Crippen LogP contribution is 2.13. The topological polar surface area (TPSA) is 72.2 Å². The predicted molar refractivity (Wildman–Crippen MR) is 69.9 cm³/mol. The third-order valence-corrected chi connectivity index (χ3v) is 3.14. The van der Waals surface area contributed by atoms with Gasteiger partial charge in [-0.3, -0.25) is 9.00 Å². The molecule has 0 spiro atoms. The van der Waals surface area contributed by atoms with Crippen molar-refractivity contribution in [3.8, 4) is 0 Å². The van der Waals surface area contributed by atoms with E-state index in [1.165, 1.54) is 0 Å². The molecule has 0 saturated carbocycles. The summed E-state index contributed by atoms with van der Waals surface area (Å²) in [5, 5.41) is 2.81. The molecule has 0 fully saturated rings. The van der Waals surface area contributed by atoms with Gasteiger partial charge in [0.1, 0.15) is 0 Å².